The van der Waals surface area contributed by atoms with Crippen molar-refractivity contribution in [3.63, 3.8) is 0 Å². The van der Waals surface area contributed by atoms with Crippen molar-refractivity contribution in [1.29, 1.82) is 0 Å². The standard InChI is InChI=1S/C17H20N2S/c1-2-14-5-3-6-15-8-10-19(17(14)15)11-9-18-13-16-7-4-12-20-16/h3-8,10,12,18H,2,9,11,13H2,1H3. The van der Waals surface area contributed by atoms with Crippen molar-refractivity contribution in [2.24, 2.45) is 0 Å². The Balaban J connectivity index is 1.65. The molecule has 20 heavy (non-hydrogen) atoms. The third-order valence-corrected chi connectivity index (χ3v) is 4.54. The first kappa shape index (κ1) is 13.4. The predicted molar refractivity (Wildman–Crippen MR) is 87.3 cm³/mol. The number of thiophene rings is 1. The highest BCUT2D eigenvalue weighted by atomic mass is 32.1. The van der Waals surface area contributed by atoms with Crippen molar-refractivity contribution in [3.8, 4) is 0 Å². The fraction of sp³-hybridized carbons (Fsp3) is 0.294. The van der Waals surface area contributed by atoms with E-state index >= 15 is 0 Å². The van der Waals surface area contributed by atoms with E-state index in [1.54, 1.807) is 0 Å². The molecular weight excluding hydrogens is 264 g/mol. The molecule has 0 bridgehead atoms. The number of nitrogens with one attached hydrogen (secondary N) is 1. The second-order valence-corrected chi connectivity index (χ2v) is 6.01. The summed E-state index contributed by atoms with van der Waals surface area (Å²) in [4.78, 5) is 1.40. The molecule has 0 saturated heterocycles. The summed E-state index contributed by atoms with van der Waals surface area (Å²) in [5.74, 6) is 0. The molecule has 3 aromatic rings. The molecule has 0 atom stereocenters. The van der Waals surface area contributed by atoms with Gasteiger partial charge in [0.25, 0.3) is 0 Å². The summed E-state index contributed by atoms with van der Waals surface area (Å²) in [5.41, 5.74) is 2.83. The Bertz CT molecular complexity index is 667. The molecule has 0 saturated carbocycles. The van der Waals surface area contributed by atoms with Gasteiger partial charge in [-0.25, -0.2) is 0 Å². The van der Waals surface area contributed by atoms with Crippen LogP contribution in [0.5, 0.6) is 0 Å². The Morgan fingerprint density at radius 2 is 2.10 bits per heavy atom. The number of nitrogens with zero attached hydrogens (tertiary/aromatic N) is 1. The first-order valence-electron chi connectivity index (χ1n) is 7.18. The highest BCUT2D eigenvalue weighted by molar-refractivity contribution is 7.09. The van der Waals surface area contributed by atoms with Gasteiger partial charge in [-0.2, -0.15) is 0 Å². The Kier molecular flexibility index (Phi) is 4.19. The highest BCUT2D eigenvalue weighted by Crippen LogP contribution is 2.20. The average Bonchev–Trinajstić information content (AvgIpc) is 3.13. The molecule has 1 N–H and O–H groups in total. The zero-order valence-corrected chi connectivity index (χ0v) is 12.6. The molecule has 0 unspecified atom stereocenters. The molecule has 1 aromatic carbocycles. The lowest BCUT2D eigenvalue weighted by Crippen LogP contribution is -2.18. The van der Waals surface area contributed by atoms with E-state index < -0.39 is 0 Å². The molecule has 0 spiro atoms. The molecular formula is C17H20N2S. The molecule has 0 aliphatic rings. The monoisotopic (exact) mass is 284 g/mol. The van der Waals surface area contributed by atoms with E-state index in [0.717, 1.165) is 26.1 Å². The van der Waals surface area contributed by atoms with Crippen LogP contribution in [0.4, 0.5) is 0 Å². The minimum absolute atomic E-state index is 0.970. The number of hydrogen-bond acceptors (Lipinski definition) is 2. The molecule has 3 rings (SSSR count). The van der Waals surface area contributed by atoms with Crippen molar-refractivity contribution in [1.82, 2.24) is 9.88 Å². The first-order valence-corrected chi connectivity index (χ1v) is 8.06. The number of benzene rings is 1. The molecule has 2 nitrogen and oxygen atoms in total. The van der Waals surface area contributed by atoms with Gasteiger partial charge in [0.2, 0.25) is 0 Å². The number of rotatable bonds is 6. The number of aryl methyl sites for hydroxylation is 1. The summed E-state index contributed by atoms with van der Waals surface area (Å²) >= 11 is 1.81. The fourth-order valence-corrected chi connectivity index (χ4v) is 3.31. The smallest absolute Gasteiger partial charge is 0.0513 e. The van der Waals surface area contributed by atoms with Gasteiger partial charge in [-0.3, -0.25) is 0 Å². The predicted octanol–water partition coefficient (Wildman–Crippen LogP) is 4.06. The molecule has 0 fully saturated rings. The SMILES string of the molecule is CCc1cccc2ccn(CCNCc3cccs3)c12. The lowest BCUT2D eigenvalue weighted by atomic mass is 10.1. The molecule has 104 valence electrons. The Morgan fingerprint density at radius 1 is 1.15 bits per heavy atom. The summed E-state index contributed by atoms with van der Waals surface area (Å²) < 4.78 is 2.37. The minimum Gasteiger partial charge on any atom is -0.346 e. The summed E-state index contributed by atoms with van der Waals surface area (Å²) in [6.45, 7) is 5.21. The molecule has 0 radical (unpaired) electrons. The summed E-state index contributed by atoms with van der Waals surface area (Å²) in [6, 6.07) is 13.1. The van der Waals surface area contributed by atoms with Gasteiger partial charge in [0.05, 0.1) is 5.52 Å². The number of para-hydroxylation sites is 1. The van der Waals surface area contributed by atoms with Gasteiger partial charge in [0.15, 0.2) is 0 Å². The lowest BCUT2D eigenvalue weighted by molar-refractivity contribution is 0.612. The van der Waals surface area contributed by atoms with Crippen molar-refractivity contribution in [3.05, 3.63) is 58.4 Å². The van der Waals surface area contributed by atoms with Gasteiger partial charge in [0.1, 0.15) is 0 Å². The van der Waals surface area contributed by atoms with Crippen LogP contribution < -0.4 is 5.32 Å². The molecule has 0 aliphatic heterocycles. The van der Waals surface area contributed by atoms with E-state index in [0.29, 0.717) is 0 Å². The van der Waals surface area contributed by atoms with E-state index in [1.807, 2.05) is 11.3 Å². The largest absolute Gasteiger partial charge is 0.346 e. The fourth-order valence-electron chi connectivity index (χ4n) is 2.64. The summed E-state index contributed by atoms with van der Waals surface area (Å²) in [6.07, 6.45) is 3.29. The van der Waals surface area contributed by atoms with Crippen LogP contribution in [0, 0.1) is 0 Å². The first-order chi connectivity index (χ1) is 9.88. The summed E-state index contributed by atoms with van der Waals surface area (Å²) in [7, 11) is 0. The van der Waals surface area contributed by atoms with Gasteiger partial charge >= 0.3 is 0 Å². The molecule has 2 heterocycles. The Labute approximate surface area is 124 Å². The molecule has 0 aliphatic carbocycles. The Morgan fingerprint density at radius 3 is 2.90 bits per heavy atom. The van der Waals surface area contributed by atoms with Gasteiger partial charge in [-0.1, -0.05) is 31.2 Å². The van der Waals surface area contributed by atoms with Gasteiger partial charge in [-0.15, -0.1) is 11.3 Å². The van der Waals surface area contributed by atoms with Crippen LogP contribution in [-0.4, -0.2) is 11.1 Å². The van der Waals surface area contributed by atoms with Crippen molar-refractivity contribution < 1.29 is 0 Å². The van der Waals surface area contributed by atoms with Crippen LogP contribution in [0.3, 0.4) is 0 Å². The van der Waals surface area contributed by atoms with E-state index in [-0.39, 0.29) is 0 Å². The zero-order chi connectivity index (χ0) is 13.8. The maximum Gasteiger partial charge on any atom is 0.0513 e. The van der Waals surface area contributed by atoms with Crippen LogP contribution in [-0.2, 0) is 19.5 Å². The van der Waals surface area contributed by atoms with Crippen LogP contribution in [0.15, 0.2) is 48.0 Å². The normalized spacial score (nSPS) is 11.2. The van der Waals surface area contributed by atoms with E-state index in [4.69, 9.17) is 0 Å². The van der Waals surface area contributed by atoms with Crippen LogP contribution in [0.1, 0.15) is 17.4 Å². The number of hydrogen-bond donors (Lipinski definition) is 1. The van der Waals surface area contributed by atoms with Gasteiger partial charge in [-0.05, 0) is 34.9 Å². The summed E-state index contributed by atoms with van der Waals surface area (Å²) in [5, 5.41) is 7.00. The zero-order valence-electron chi connectivity index (χ0n) is 11.8. The Hall–Kier alpha value is -1.58. The quantitative estimate of drug-likeness (QED) is 0.676. The number of aromatic nitrogens is 1. The van der Waals surface area contributed by atoms with Crippen molar-refractivity contribution in [2.45, 2.75) is 26.4 Å². The minimum atomic E-state index is 0.970. The van der Waals surface area contributed by atoms with Crippen LogP contribution >= 0.6 is 11.3 Å². The van der Waals surface area contributed by atoms with Crippen LogP contribution in [0.2, 0.25) is 0 Å². The molecule has 2 aromatic heterocycles. The van der Waals surface area contributed by atoms with Crippen LogP contribution in [0.25, 0.3) is 10.9 Å². The molecule has 0 amide bonds. The van der Waals surface area contributed by atoms with E-state index in [1.165, 1.54) is 21.3 Å². The van der Waals surface area contributed by atoms with Crippen molar-refractivity contribution in [2.75, 3.05) is 6.54 Å². The van der Waals surface area contributed by atoms with Gasteiger partial charge in [0, 0.05) is 30.7 Å². The third kappa shape index (κ3) is 2.79. The number of fused-ring (bicyclic) bond motifs is 1. The second-order valence-electron chi connectivity index (χ2n) is 4.97. The third-order valence-electron chi connectivity index (χ3n) is 3.66. The van der Waals surface area contributed by atoms with E-state index in [2.05, 4.69) is 64.8 Å². The van der Waals surface area contributed by atoms with E-state index in [9.17, 15) is 0 Å². The maximum atomic E-state index is 3.52. The van der Waals surface area contributed by atoms with Gasteiger partial charge < -0.3 is 9.88 Å². The second kappa shape index (κ2) is 6.25. The lowest BCUT2D eigenvalue weighted by Gasteiger charge is -2.09. The molecule has 3 heteroatoms. The van der Waals surface area contributed by atoms with Crippen molar-refractivity contribution >= 4 is 22.2 Å². The topological polar surface area (TPSA) is 17.0 Å². The highest BCUT2D eigenvalue weighted by Gasteiger charge is 2.04. The average molecular weight is 284 g/mol. The maximum absolute atomic E-state index is 3.52.